The van der Waals surface area contributed by atoms with Crippen LogP contribution in [0.15, 0.2) is 46.7 Å². The Morgan fingerprint density at radius 2 is 2.21 bits per heavy atom. The van der Waals surface area contributed by atoms with E-state index in [0.717, 1.165) is 24.3 Å². The van der Waals surface area contributed by atoms with Gasteiger partial charge < -0.3 is 18.9 Å². The van der Waals surface area contributed by atoms with Gasteiger partial charge in [0.25, 0.3) is 0 Å². The first kappa shape index (κ1) is 20.2. The van der Waals surface area contributed by atoms with E-state index in [2.05, 4.69) is 14.7 Å². The number of aromatic nitrogens is 2. The Labute approximate surface area is 165 Å². The molecule has 0 spiro atoms. The van der Waals surface area contributed by atoms with Gasteiger partial charge in [0.15, 0.2) is 0 Å². The molecule has 2 aromatic heterocycles. The minimum absolute atomic E-state index is 0.00392. The van der Waals surface area contributed by atoms with Crippen LogP contribution in [0.5, 0.6) is 0 Å². The molecule has 7 heteroatoms. The van der Waals surface area contributed by atoms with Gasteiger partial charge in [0.1, 0.15) is 12.4 Å². The molecule has 1 fully saturated rings. The molecule has 1 saturated carbocycles. The number of nitrogens with zero attached hydrogens (tertiary/aromatic N) is 3. The Bertz CT molecular complexity index is 719. The van der Waals surface area contributed by atoms with Crippen molar-refractivity contribution in [3.63, 3.8) is 0 Å². The molecule has 2 aromatic rings. The van der Waals surface area contributed by atoms with Crippen molar-refractivity contribution in [1.29, 1.82) is 0 Å². The second-order valence-electron chi connectivity index (χ2n) is 7.34. The maximum absolute atomic E-state index is 10.6. The minimum atomic E-state index is -0.773. The number of carbonyl (C=O) groups is 1. The summed E-state index contributed by atoms with van der Waals surface area (Å²) in [5, 5.41) is 13.3. The van der Waals surface area contributed by atoms with E-state index in [0.29, 0.717) is 31.8 Å². The van der Waals surface area contributed by atoms with Gasteiger partial charge in [0.2, 0.25) is 0 Å². The van der Waals surface area contributed by atoms with Crippen molar-refractivity contribution in [1.82, 2.24) is 9.55 Å². The quantitative estimate of drug-likeness (QED) is 0.349. The van der Waals surface area contributed by atoms with E-state index in [9.17, 15) is 4.79 Å². The molecular weight excluding hydrogens is 358 g/mol. The Morgan fingerprint density at radius 1 is 1.36 bits per heavy atom. The number of furan rings is 1. The molecular formula is C21H29N3O4. The van der Waals surface area contributed by atoms with E-state index in [1.54, 1.807) is 12.5 Å². The SMILES string of the molecule is O=C(O)CCCCO/N=C(\C1CCCCC1)C(Cc1ccco1)n1ccnc1. The van der Waals surface area contributed by atoms with Crippen LogP contribution in [-0.2, 0) is 16.1 Å². The van der Waals surface area contributed by atoms with E-state index in [1.165, 1.54) is 19.3 Å². The summed E-state index contributed by atoms with van der Waals surface area (Å²) < 4.78 is 7.67. The number of carboxylic acid groups (broad SMARTS) is 1. The average molecular weight is 387 g/mol. The van der Waals surface area contributed by atoms with Crippen molar-refractivity contribution in [2.75, 3.05) is 6.61 Å². The smallest absolute Gasteiger partial charge is 0.303 e. The predicted molar refractivity (Wildman–Crippen MR) is 105 cm³/mol. The number of aliphatic carboxylic acids is 1. The number of carboxylic acids is 1. The van der Waals surface area contributed by atoms with Gasteiger partial charge >= 0.3 is 5.97 Å². The van der Waals surface area contributed by atoms with Crippen LogP contribution < -0.4 is 0 Å². The standard InChI is InChI=1S/C21H29N3O4/c25-20(26)10-4-5-14-28-23-21(17-7-2-1-3-8-17)19(24-12-11-22-16-24)15-18-9-6-13-27-18/h6,9,11-13,16-17,19H,1-5,7-8,10,14-15H2,(H,25,26)/b23-21+. The lowest BCUT2D eigenvalue weighted by Crippen LogP contribution is -2.29. The molecule has 0 aliphatic heterocycles. The maximum atomic E-state index is 10.6. The molecule has 2 heterocycles. The molecule has 0 aromatic carbocycles. The summed E-state index contributed by atoms with van der Waals surface area (Å²) in [6.07, 6.45) is 15.3. The molecule has 1 atom stereocenters. The summed E-state index contributed by atoms with van der Waals surface area (Å²) in [6.45, 7) is 0.431. The van der Waals surface area contributed by atoms with Gasteiger partial charge in [0.05, 0.1) is 24.3 Å². The lowest BCUT2D eigenvalue weighted by molar-refractivity contribution is -0.137. The third kappa shape index (κ3) is 5.97. The highest BCUT2D eigenvalue weighted by atomic mass is 16.6. The largest absolute Gasteiger partial charge is 0.481 e. The van der Waals surface area contributed by atoms with Crippen molar-refractivity contribution in [3.05, 3.63) is 42.9 Å². The van der Waals surface area contributed by atoms with Gasteiger partial charge in [-0.25, -0.2) is 4.98 Å². The molecule has 0 amide bonds. The number of unbranched alkanes of at least 4 members (excludes halogenated alkanes) is 1. The Balaban J connectivity index is 1.74. The fraction of sp³-hybridized carbons (Fsp3) is 0.571. The van der Waals surface area contributed by atoms with Gasteiger partial charge in [-0.15, -0.1) is 0 Å². The van der Waals surface area contributed by atoms with Crippen molar-refractivity contribution >= 4 is 11.7 Å². The summed E-state index contributed by atoms with van der Waals surface area (Å²) in [7, 11) is 0. The van der Waals surface area contributed by atoms with Crippen molar-refractivity contribution in [3.8, 4) is 0 Å². The van der Waals surface area contributed by atoms with E-state index in [4.69, 9.17) is 14.4 Å². The number of imidazole rings is 1. The van der Waals surface area contributed by atoms with Crippen LogP contribution in [0.3, 0.4) is 0 Å². The molecule has 0 radical (unpaired) electrons. The first-order chi connectivity index (χ1) is 13.7. The summed E-state index contributed by atoms with van der Waals surface area (Å²) in [5.41, 5.74) is 1.03. The van der Waals surface area contributed by atoms with Crippen LogP contribution >= 0.6 is 0 Å². The van der Waals surface area contributed by atoms with Gasteiger partial charge in [-0.2, -0.15) is 0 Å². The van der Waals surface area contributed by atoms with Crippen LogP contribution in [0.25, 0.3) is 0 Å². The average Bonchev–Trinajstić information content (AvgIpc) is 3.40. The number of rotatable bonds is 11. The minimum Gasteiger partial charge on any atom is -0.481 e. The molecule has 1 aliphatic rings. The van der Waals surface area contributed by atoms with E-state index < -0.39 is 5.97 Å². The fourth-order valence-electron chi connectivity index (χ4n) is 3.80. The lowest BCUT2D eigenvalue weighted by atomic mass is 9.82. The summed E-state index contributed by atoms with van der Waals surface area (Å²) >= 11 is 0. The number of oxime groups is 1. The molecule has 0 saturated heterocycles. The van der Waals surface area contributed by atoms with Gasteiger partial charge in [-0.05, 0) is 37.8 Å². The lowest BCUT2D eigenvalue weighted by Gasteiger charge is -2.28. The van der Waals surface area contributed by atoms with Crippen molar-refractivity contribution < 1.29 is 19.2 Å². The van der Waals surface area contributed by atoms with Crippen molar-refractivity contribution in [2.24, 2.45) is 11.1 Å². The second kappa shape index (κ2) is 10.7. The molecule has 7 nitrogen and oxygen atoms in total. The van der Waals surface area contributed by atoms with Crippen LogP contribution in [0, 0.1) is 5.92 Å². The highest BCUT2D eigenvalue weighted by Gasteiger charge is 2.29. The van der Waals surface area contributed by atoms with Gasteiger partial charge in [-0.1, -0.05) is 24.4 Å². The van der Waals surface area contributed by atoms with Crippen LogP contribution in [0.4, 0.5) is 0 Å². The topological polar surface area (TPSA) is 89.9 Å². The summed E-state index contributed by atoms with van der Waals surface area (Å²) in [4.78, 5) is 20.5. The molecule has 1 aliphatic carbocycles. The number of hydrogen-bond acceptors (Lipinski definition) is 5. The molecule has 152 valence electrons. The zero-order valence-corrected chi connectivity index (χ0v) is 16.2. The molecule has 1 N–H and O–H groups in total. The summed E-state index contributed by atoms with van der Waals surface area (Å²) in [6, 6.07) is 3.88. The van der Waals surface area contributed by atoms with Crippen LogP contribution in [-0.4, -0.2) is 32.9 Å². The van der Waals surface area contributed by atoms with Crippen LogP contribution in [0.1, 0.15) is 63.2 Å². The third-order valence-electron chi connectivity index (χ3n) is 5.27. The zero-order valence-electron chi connectivity index (χ0n) is 16.2. The van der Waals surface area contributed by atoms with E-state index in [-0.39, 0.29) is 12.5 Å². The highest BCUT2D eigenvalue weighted by Crippen LogP contribution is 2.31. The zero-order chi connectivity index (χ0) is 19.6. The van der Waals surface area contributed by atoms with Crippen LogP contribution in [0.2, 0.25) is 0 Å². The first-order valence-corrected chi connectivity index (χ1v) is 10.2. The molecule has 28 heavy (non-hydrogen) atoms. The predicted octanol–water partition coefficient (Wildman–Crippen LogP) is 4.47. The monoisotopic (exact) mass is 387 g/mol. The maximum Gasteiger partial charge on any atom is 0.303 e. The Hall–Kier alpha value is -2.57. The third-order valence-corrected chi connectivity index (χ3v) is 5.27. The van der Waals surface area contributed by atoms with Gasteiger partial charge in [0, 0.05) is 31.2 Å². The van der Waals surface area contributed by atoms with E-state index in [1.807, 2.05) is 24.7 Å². The fourth-order valence-corrected chi connectivity index (χ4v) is 3.80. The van der Waals surface area contributed by atoms with Crippen molar-refractivity contribution in [2.45, 2.75) is 63.8 Å². The first-order valence-electron chi connectivity index (χ1n) is 10.2. The molecule has 1 unspecified atom stereocenters. The Kier molecular flexibility index (Phi) is 7.70. The Morgan fingerprint density at radius 3 is 2.89 bits per heavy atom. The van der Waals surface area contributed by atoms with Gasteiger partial charge in [-0.3, -0.25) is 4.79 Å². The highest BCUT2D eigenvalue weighted by molar-refractivity contribution is 5.90. The normalized spacial score (nSPS) is 16.8. The number of hydrogen-bond donors (Lipinski definition) is 1. The molecule has 3 rings (SSSR count). The molecule has 0 bridgehead atoms. The van der Waals surface area contributed by atoms with E-state index >= 15 is 0 Å². The second-order valence-corrected chi connectivity index (χ2v) is 7.34. The summed E-state index contributed by atoms with van der Waals surface area (Å²) in [5.74, 6) is 0.517.